The molecule has 0 spiro atoms. The van der Waals surface area contributed by atoms with Crippen LogP contribution in [0.2, 0.25) is 5.02 Å². The van der Waals surface area contributed by atoms with Crippen LogP contribution in [-0.2, 0) is 22.3 Å². The van der Waals surface area contributed by atoms with E-state index in [9.17, 15) is 9.00 Å². The highest BCUT2D eigenvalue weighted by Crippen LogP contribution is 2.32. The molecule has 0 fully saturated rings. The lowest BCUT2D eigenvalue weighted by Crippen LogP contribution is -2.16. The van der Waals surface area contributed by atoms with Gasteiger partial charge in [-0.25, -0.2) is 4.68 Å². The second-order valence-corrected chi connectivity index (χ2v) is 8.66. The fourth-order valence-corrected chi connectivity index (χ4v) is 4.54. The Hall–Kier alpha value is -1.96. The van der Waals surface area contributed by atoms with Crippen molar-refractivity contribution in [2.24, 2.45) is 0 Å². The number of benzene rings is 2. The Bertz CT molecular complexity index is 1030. The van der Waals surface area contributed by atoms with Crippen LogP contribution in [0.5, 0.6) is 0 Å². The molecule has 1 N–H and O–H groups in total. The molecule has 1 amide bonds. The molecular formula is C18H13BrClN3O2S. The van der Waals surface area contributed by atoms with E-state index in [0.717, 1.165) is 21.4 Å². The predicted molar refractivity (Wildman–Crippen MR) is 106 cm³/mol. The monoisotopic (exact) mass is 449 g/mol. The fourth-order valence-electron chi connectivity index (χ4n) is 2.83. The van der Waals surface area contributed by atoms with E-state index in [1.165, 1.54) is 0 Å². The Morgan fingerprint density at radius 2 is 1.96 bits per heavy atom. The molecule has 0 aliphatic carbocycles. The Morgan fingerprint density at radius 3 is 2.69 bits per heavy atom. The van der Waals surface area contributed by atoms with E-state index in [1.807, 2.05) is 24.3 Å². The first kappa shape index (κ1) is 17.5. The molecule has 0 bridgehead atoms. The molecule has 5 nitrogen and oxygen atoms in total. The van der Waals surface area contributed by atoms with Gasteiger partial charge in [0, 0.05) is 31.4 Å². The van der Waals surface area contributed by atoms with Crippen LogP contribution in [0.25, 0.3) is 5.69 Å². The number of nitrogens with one attached hydrogen (secondary N) is 1. The van der Waals surface area contributed by atoms with Gasteiger partial charge < -0.3 is 5.32 Å². The number of halogens is 2. The Morgan fingerprint density at radius 1 is 1.19 bits per heavy atom. The summed E-state index contributed by atoms with van der Waals surface area (Å²) in [5, 5.41) is 8.07. The summed E-state index contributed by atoms with van der Waals surface area (Å²) in [7, 11) is -0.989. The van der Waals surface area contributed by atoms with Crippen molar-refractivity contribution in [3.05, 3.63) is 74.8 Å². The summed E-state index contributed by atoms with van der Waals surface area (Å²) < 4.78 is 14.5. The normalized spacial score (nSPS) is 15.7. The molecule has 3 aromatic rings. The van der Waals surface area contributed by atoms with E-state index in [2.05, 4.69) is 26.3 Å². The maximum absolute atomic E-state index is 12.7. The molecule has 0 saturated carbocycles. The van der Waals surface area contributed by atoms with Crippen molar-refractivity contribution >= 4 is 50.1 Å². The molecule has 1 atom stereocenters. The van der Waals surface area contributed by atoms with Crippen LogP contribution < -0.4 is 5.32 Å². The van der Waals surface area contributed by atoms with E-state index >= 15 is 0 Å². The number of aromatic nitrogens is 2. The fraction of sp³-hybridized carbons (Fsp3) is 0.111. The number of fused-ring (bicyclic) bond motifs is 1. The third kappa shape index (κ3) is 3.34. The lowest BCUT2D eigenvalue weighted by molar-refractivity contribution is 0.102. The highest BCUT2D eigenvalue weighted by atomic mass is 79.9. The smallest absolute Gasteiger partial charge is 0.256 e. The molecule has 1 aromatic heterocycles. The molecule has 2 heterocycles. The van der Waals surface area contributed by atoms with Gasteiger partial charge in [-0.1, -0.05) is 33.6 Å². The first-order chi connectivity index (χ1) is 12.5. The van der Waals surface area contributed by atoms with Gasteiger partial charge in [0.2, 0.25) is 0 Å². The van der Waals surface area contributed by atoms with Gasteiger partial charge in [0.1, 0.15) is 5.82 Å². The quantitative estimate of drug-likeness (QED) is 0.647. The van der Waals surface area contributed by atoms with Gasteiger partial charge in [-0.15, -0.1) is 0 Å². The van der Waals surface area contributed by atoms with Crippen molar-refractivity contribution in [1.82, 2.24) is 9.78 Å². The number of amides is 1. The van der Waals surface area contributed by atoms with Crippen LogP contribution in [0, 0.1) is 0 Å². The SMILES string of the molecule is O=C(Nc1c2c(nn1-c1cccc(Cl)c1)C[S@@](=O)C2)c1ccc(Br)cc1. The van der Waals surface area contributed by atoms with Gasteiger partial charge in [0.05, 0.1) is 22.9 Å². The molecule has 2 aromatic carbocycles. The van der Waals surface area contributed by atoms with Crippen LogP contribution in [-0.4, -0.2) is 19.9 Å². The van der Waals surface area contributed by atoms with E-state index in [4.69, 9.17) is 11.6 Å². The molecule has 132 valence electrons. The molecule has 0 unspecified atom stereocenters. The first-order valence-corrected chi connectivity index (χ1v) is 10.5. The first-order valence-electron chi connectivity index (χ1n) is 7.80. The minimum Gasteiger partial charge on any atom is -0.306 e. The predicted octanol–water partition coefficient (Wildman–Crippen LogP) is 4.30. The molecule has 0 radical (unpaired) electrons. The second kappa shape index (κ2) is 6.98. The number of rotatable bonds is 3. The number of nitrogens with zero attached hydrogens (tertiary/aromatic N) is 2. The zero-order valence-corrected chi connectivity index (χ0v) is 16.6. The van der Waals surface area contributed by atoms with E-state index in [-0.39, 0.29) is 5.91 Å². The maximum atomic E-state index is 12.7. The summed E-state index contributed by atoms with van der Waals surface area (Å²) in [6.45, 7) is 0. The van der Waals surface area contributed by atoms with Crippen molar-refractivity contribution in [2.75, 3.05) is 5.32 Å². The minimum absolute atomic E-state index is 0.249. The van der Waals surface area contributed by atoms with Crippen LogP contribution in [0.4, 0.5) is 5.82 Å². The average molecular weight is 451 g/mol. The highest BCUT2D eigenvalue weighted by molar-refractivity contribution is 9.10. The highest BCUT2D eigenvalue weighted by Gasteiger charge is 2.28. The van der Waals surface area contributed by atoms with Gasteiger partial charge in [-0.3, -0.25) is 9.00 Å². The third-order valence-electron chi connectivity index (χ3n) is 4.06. The van der Waals surface area contributed by atoms with Gasteiger partial charge in [-0.05, 0) is 42.5 Å². The molecule has 1 aliphatic rings. The third-order valence-corrected chi connectivity index (χ3v) is 6.03. The Balaban J connectivity index is 1.75. The van der Waals surface area contributed by atoms with Crippen molar-refractivity contribution in [3.8, 4) is 5.69 Å². The summed E-state index contributed by atoms with van der Waals surface area (Å²) in [5.41, 5.74) is 2.83. The van der Waals surface area contributed by atoms with Crippen LogP contribution in [0.3, 0.4) is 0 Å². The molecular weight excluding hydrogens is 438 g/mol. The average Bonchev–Trinajstić information content (AvgIpc) is 3.12. The summed E-state index contributed by atoms with van der Waals surface area (Å²) in [4.78, 5) is 12.7. The van der Waals surface area contributed by atoms with Gasteiger partial charge in [-0.2, -0.15) is 5.10 Å². The van der Waals surface area contributed by atoms with E-state index < -0.39 is 10.8 Å². The van der Waals surface area contributed by atoms with E-state index in [1.54, 1.807) is 28.9 Å². The zero-order valence-electron chi connectivity index (χ0n) is 13.4. The van der Waals surface area contributed by atoms with Crippen LogP contribution >= 0.6 is 27.5 Å². The van der Waals surface area contributed by atoms with Gasteiger partial charge in [0.15, 0.2) is 0 Å². The van der Waals surface area contributed by atoms with Crippen molar-refractivity contribution in [3.63, 3.8) is 0 Å². The number of carbonyl (C=O) groups excluding carboxylic acids is 1. The topological polar surface area (TPSA) is 64.0 Å². The van der Waals surface area contributed by atoms with E-state index in [0.29, 0.717) is 27.9 Å². The summed E-state index contributed by atoms with van der Waals surface area (Å²) in [6, 6.07) is 14.3. The Kier molecular flexibility index (Phi) is 4.69. The second-order valence-electron chi connectivity index (χ2n) is 5.86. The molecule has 0 saturated heterocycles. The van der Waals surface area contributed by atoms with Crippen molar-refractivity contribution in [1.29, 1.82) is 0 Å². The number of hydrogen-bond donors (Lipinski definition) is 1. The van der Waals surface area contributed by atoms with Crippen LogP contribution in [0.1, 0.15) is 21.6 Å². The molecule has 4 rings (SSSR count). The number of hydrogen-bond acceptors (Lipinski definition) is 3. The number of anilines is 1. The number of carbonyl (C=O) groups is 1. The molecule has 26 heavy (non-hydrogen) atoms. The summed E-state index contributed by atoms with van der Waals surface area (Å²) in [5.74, 6) is 1.07. The minimum atomic E-state index is -0.989. The maximum Gasteiger partial charge on any atom is 0.256 e. The summed E-state index contributed by atoms with van der Waals surface area (Å²) in [6.07, 6.45) is 0. The zero-order chi connectivity index (χ0) is 18.3. The summed E-state index contributed by atoms with van der Waals surface area (Å²) >= 11 is 9.46. The lowest BCUT2D eigenvalue weighted by Gasteiger charge is -2.11. The van der Waals surface area contributed by atoms with Crippen molar-refractivity contribution < 1.29 is 9.00 Å². The van der Waals surface area contributed by atoms with Crippen molar-refractivity contribution in [2.45, 2.75) is 11.5 Å². The molecule has 1 aliphatic heterocycles. The standard InChI is InChI=1S/C18H13BrClN3O2S/c19-12-6-4-11(5-7-12)18(24)21-17-15-9-26(25)10-16(15)22-23(17)14-3-1-2-13(20)8-14/h1-8H,9-10H2,(H,21,24)/t26-/m0/s1. The van der Waals surface area contributed by atoms with Gasteiger partial charge >= 0.3 is 0 Å². The van der Waals surface area contributed by atoms with Gasteiger partial charge in [0.25, 0.3) is 5.91 Å². The lowest BCUT2D eigenvalue weighted by atomic mass is 10.2. The van der Waals surface area contributed by atoms with Crippen LogP contribution in [0.15, 0.2) is 53.0 Å². The Labute approximate surface area is 165 Å². The largest absolute Gasteiger partial charge is 0.306 e. The molecule has 8 heteroatoms.